The summed E-state index contributed by atoms with van der Waals surface area (Å²) in [6.45, 7) is 7.34. The van der Waals surface area contributed by atoms with E-state index in [1.165, 1.54) is 11.1 Å². The van der Waals surface area contributed by atoms with Crippen molar-refractivity contribution in [3.05, 3.63) is 53.3 Å². The van der Waals surface area contributed by atoms with Gasteiger partial charge in [-0.1, -0.05) is 36.8 Å². The van der Waals surface area contributed by atoms with Crippen molar-refractivity contribution in [3.8, 4) is 0 Å². The number of carbonyl (C=O) groups is 1. The van der Waals surface area contributed by atoms with Crippen molar-refractivity contribution in [1.82, 2.24) is 14.9 Å². The summed E-state index contributed by atoms with van der Waals surface area (Å²) in [6.07, 6.45) is 4.72. The Bertz CT molecular complexity index is 774. The van der Waals surface area contributed by atoms with Crippen LogP contribution >= 0.6 is 0 Å². The number of aryl methyl sites for hydroxylation is 2. The first kappa shape index (κ1) is 16.1. The highest BCUT2D eigenvalue weighted by atomic mass is 16.2. The number of hydrogen-bond donors (Lipinski definition) is 0. The number of nitrogens with zero attached hydrogens (tertiary/aromatic N) is 4. The summed E-state index contributed by atoms with van der Waals surface area (Å²) in [5.41, 5.74) is 3.59. The van der Waals surface area contributed by atoms with Gasteiger partial charge in [0, 0.05) is 44.5 Å². The second-order valence-corrected chi connectivity index (χ2v) is 7.22. The summed E-state index contributed by atoms with van der Waals surface area (Å²) in [7, 11) is 0. The molecule has 0 N–H and O–H groups in total. The van der Waals surface area contributed by atoms with Crippen molar-refractivity contribution < 1.29 is 4.79 Å². The average Bonchev–Trinajstić information content (AvgIpc) is 3.15. The third-order valence-corrected chi connectivity index (χ3v) is 5.36. The van der Waals surface area contributed by atoms with Crippen LogP contribution < -0.4 is 4.90 Å². The standard InChI is InChI=1S/C20H24N4O/c1-3-15-8-21-20(22-9-15)24-12-17-11-23(19(25)18(17)13-24)10-16-6-4-5-14(2)7-16/h4-9,17-18H,3,10-13H2,1-2H3/t17-,18+/m1/s1. The third kappa shape index (κ3) is 3.11. The van der Waals surface area contributed by atoms with Crippen LogP contribution in [0.2, 0.25) is 0 Å². The van der Waals surface area contributed by atoms with E-state index in [0.29, 0.717) is 5.92 Å². The molecule has 2 saturated heterocycles. The Balaban J connectivity index is 1.42. The fraction of sp³-hybridized carbons (Fsp3) is 0.450. The van der Waals surface area contributed by atoms with Crippen LogP contribution in [-0.4, -0.2) is 40.4 Å². The van der Waals surface area contributed by atoms with E-state index in [1.807, 2.05) is 17.3 Å². The van der Waals surface area contributed by atoms with Gasteiger partial charge in [-0.15, -0.1) is 0 Å². The lowest BCUT2D eigenvalue weighted by Crippen LogP contribution is -2.33. The summed E-state index contributed by atoms with van der Waals surface area (Å²) in [6, 6.07) is 8.41. The van der Waals surface area contributed by atoms with Crippen molar-refractivity contribution in [3.63, 3.8) is 0 Å². The molecular weight excluding hydrogens is 312 g/mol. The quantitative estimate of drug-likeness (QED) is 0.860. The minimum Gasteiger partial charge on any atom is -0.340 e. The van der Waals surface area contributed by atoms with E-state index < -0.39 is 0 Å². The molecule has 2 aliphatic rings. The van der Waals surface area contributed by atoms with Crippen LogP contribution in [0, 0.1) is 18.8 Å². The molecule has 130 valence electrons. The Morgan fingerprint density at radius 1 is 1.12 bits per heavy atom. The van der Waals surface area contributed by atoms with Gasteiger partial charge in [0.25, 0.3) is 0 Å². The molecule has 4 rings (SSSR count). The molecule has 2 atom stereocenters. The van der Waals surface area contributed by atoms with Crippen molar-refractivity contribution in [1.29, 1.82) is 0 Å². The Hall–Kier alpha value is -2.43. The average molecular weight is 336 g/mol. The van der Waals surface area contributed by atoms with E-state index in [2.05, 4.69) is 53.0 Å². The van der Waals surface area contributed by atoms with Gasteiger partial charge in [0.05, 0.1) is 5.92 Å². The van der Waals surface area contributed by atoms with Crippen molar-refractivity contribution >= 4 is 11.9 Å². The number of aromatic nitrogens is 2. The van der Waals surface area contributed by atoms with E-state index in [1.54, 1.807) is 0 Å². The van der Waals surface area contributed by atoms with Crippen LogP contribution in [-0.2, 0) is 17.8 Å². The molecule has 25 heavy (non-hydrogen) atoms. The van der Waals surface area contributed by atoms with Crippen molar-refractivity contribution in [2.45, 2.75) is 26.8 Å². The number of anilines is 1. The number of rotatable bonds is 4. The van der Waals surface area contributed by atoms with Crippen LogP contribution in [0.5, 0.6) is 0 Å². The largest absolute Gasteiger partial charge is 0.340 e. The Morgan fingerprint density at radius 3 is 2.60 bits per heavy atom. The minimum absolute atomic E-state index is 0.0826. The van der Waals surface area contributed by atoms with Crippen molar-refractivity contribution in [2.24, 2.45) is 11.8 Å². The maximum Gasteiger partial charge on any atom is 0.228 e. The van der Waals surface area contributed by atoms with Gasteiger partial charge in [-0.05, 0) is 24.5 Å². The highest BCUT2D eigenvalue weighted by Crippen LogP contribution is 2.34. The number of amides is 1. The predicted octanol–water partition coefficient (Wildman–Crippen LogP) is 2.44. The Labute approximate surface area is 148 Å². The lowest BCUT2D eigenvalue weighted by Gasteiger charge is -2.22. The molecule has 2 aromatic rings. The zero-order valence-electron chi connectivity index (χ0n) is 14.9. The summed E-state index contributed by atoms with van der Waals surface area (Å²) in [5, 5.41) is 0. The number of likely N-dealkylation sites (tertiary alicyclic amines) is 1. The zero-order valence-corrected chi connectivity index (χ0v) is 14.9. The van der Waals surface area contributed by atoms with Gasteiger partial charge in [-0.2, -0.15) is 0 Å². The summed E-state index contributed by atoms with van der Waals surface area (Å²) >= 11 is 0. The van der Waals surface area contributed by atoms with E-state index in [-0.39, 0.29) is 11.8 Å². The molecule has 0 radical (unpaired) electrons. The molecule has 0 spiro atoms. The number of fused-ring (bicyclic) bond motifs is 1. The highest BCUT2D eigenvalue weighted by molar-refractivity contribution is 5.83. The van der Waals surface area contributed by atoms with Crippen LogP contribution in [0.25, 0.3) is 0 Å². The molecule has 0 bridgehead atoms. The summed E-state index contributed by atoms with van der Waals surface area (Å²) in [5.74, 6) is 1.50. The molecule has 1 aromatic carbocycles. The number of carbonyl (C=O) groups excluding carboxylic acids is 1. The lowest BCUT2D eigenvalue weighted by atomic mass is 10.0. The molecule has 0 unspecified atom stereocenters. The molecule has 0 saturated carbocycles. The molecule has 2 fully saturated rings. The molecule has 1 amide bonds. The molecule has 1 aromatic heterocycles. The molecule has 2 aliphatic heterocycles. The maximum absolute atomic E-state index is 12.8. The fourth-order valence-corrected chi connectivity index (χ4v) is 3.97. The van der Waals surface area contributed by atoms with Crippen molar-refractivity contribution in [2.75, 3.05) is 24.5 Å². The zero-order chi connectivity index (χ0) is 17.4. The molecule has 5 heteroatoms. The monoisotopic (exact) mass is 336 g/mol. The SMILES string of the molecule is CCc1cnc(N2C[C@H]3CN(Cc4cccc(C)c4)C(=O)[C@H]3C2)nc1. The van der Waals surface area contributed by atoms with E-state index >= 15 is 0 Å². The minimum atomic E-state index is 0.0826. The maximum atomic E-state index is 12.8. The van der Waals surface area contributed by atoms with E-state index in [0.717, 1.165) is 44.1 Å². The molecular formula is C20H24N4O. The topological polar surface area (TPSA) is 49.3 Å². The second kappa shape index (κ2) is 6.47. The van der Waals surface area contributed by atoms with Gasteiger partial charge in [0.15, 0.2) is 0 Å². The number of benzene rings is 1. The van der Waals surface area contributed by atoms with Gasteiger partial charge < -0.3 is 9.80 Å². The van der Waals surface area contributed by atoms with Gasteiger partial charge in [0.1, 0.15) is 0 Å². The molecule has 3 heterocycles. The smallest absolute Gasteiger partial charge is 0.228 e. The van der Waals surface area contributed by atoms with Crippen LogP contribution in [0.4, 0.5) is 5.95 Å². The third-order valence-electron chi connectivity index (χ3n) is 5.36. The summed E-state index contributed by atoms with van der Waals surface area (Å²) in [4.78, 5) is 25.9. The fourth-order valence-electron chi connectivity index (χ4n) is 3.97. The highest BCUT2D eigenvalue weighted by Gasteiger charge is 2.46. The van der Waals surface area contributed by atoms with Crippen LogP contribution in [0.15, 0.2) is 36.7 Å². The van der Waals surface area contributed by atoms with Gasteiger partial charge in [-0.3, -0.25) is 4.79 Å². The normalized spacial score (nSPS) is 22.6. The second-order valence-electron chi connectivity index (χ2n) is 7.22. The van der Waals surface area contributed by atoms with Crippen LogP contribution in [0.1, 0.15) is 23.6 Å². The first-order valence-corrected chi connectivity index (χ1v) is 9.04. The van der Waals surface area contributed by atoms with E-state index in [4.69, 9.17) is 0 Å². The Morgan fingerprint density at radius 2 is 1.92 bits per heavy atom. The van der Waals surface area contributed by atoms with Gasteiger partial charge in [0.2, 0.25) is 11.9 Å². The first-order chi connectivity index (χ1) is 12.1. The summed E-state index contributed by atoms with van der Waals surface area (Å²) < 4.78 is 0. The lowest BCUT2D eigenvalue weighted by molar-refractivity contribution is -0.131. The predicted molar refractivity (Wildman–Crippen MR) is 97.2 cm³/mol. The van der Waals surface area contributed by atoms with Crippen LogP contribution in [0.3, 0.4) is 0 Å². The van der Waals surface area contributed by atoms with Gasteiger partial charge >= 0.3 is 0 Å². The number of hydrogen-bond acceptors (Lipinski definition) is 4. The molecule has 5 nitrogen and oxygen atoms in total. The molecule has 0 aliphatic carbocycles. The van der Waals surface area contributed by atoms with Gasteiger partial charge in [-0.25, -0.2) is 9.97 Å². The van der Waals surface area contributed by atoms with E-state index in [9.17, 15) is 4.79 Å². The Kier molecular flexibility index (Phi) is 4.15. The first-order valence-electron chi connectivity index (χ1n) is 9.04.